The zero-order valence-corrected chi connectivity index (χ0v) is 11.1. The first-order valence-electron chi connectivity index (χ1n) is 7.04. The summed E-state index contributed by atoms with van der Waals surface area (Å²) in [4.78, 5) is 16.3. The van der Waals surface area contributed by atoms with Gasteiger partial charge in [-0.3, -0.25) is 0 Å². The molecule has 1 saturated heterocycles. The van der Waals surface area contributed by atoms with Crippen molar-refractivity contribution in [3.05, 3.63) is 0 Å². The number of rotatable bonds is 4. The number of nitrogens with one attached hydrogen (secondary N) is 1. The Morgan fingerprint density at radius 3 is 2.24 bits per heavy atom. The van der Waals surface area contributed by atoms with E-state index in [2.05, 4.69) is 10.2 Å². The number of hydrogen-bond acceptors (Lipinski definition) is 2. The molecule has 1 aliphatic heterocycles. The molecule has 0 spiro atoms. The second-order valence-electron chi connectivity index (χ2n) is 5.16. The molecule has 2 aliphatic rings. The van der Waals surface area contributed by atoms with Gasteiger partial charge in [0, 0.05) is 38.3 Å². The Morgan fingerprint density at radius 2 is 1.76 bits per heavy atom. The molecule has 98 valence electrons. The van der Waals surface area contributed by atoms with Gasteiger partial charge in [0.05, 0.1) is 0 Å². The quantitative estimate of drug-likeness (QED) is 0.810. The van der Waals surface area contributed by atoms with Crippen LogP contribution in [-0.2, 0) is 0 Å². The highest BCUT2D eigenvalue weighted by Crippen LogP contribution is 2.29. The van der Waals surface area contributed by atoms with E-state index < -0.39 is 0 Å². The monoisotopic (exact) mass is 239 g/mol. The van der Waals surface area contributed by atoms with Crippen LogP contribution in [0.2, 0.25) is 0 Å². The van der Waals surface area contributed by atoms with Crippen LogP contribution in [0.25, 0.3) is 0 Å². The molecule has 2 amide bonds. The van der Waals surface area contributed by atoms with E-state index in [-0.39, 0.29) is 6.03 Å². The van der Waals surface area contributed by atoms with Crippen LogP contribution in [0.3, 0.4) is 0 Å². The van der Waals surface area contributed by atoms with E-state index in [0.29, 0.717) is 6.04 Å². The minimum atomic E-state index is 0.111. The molecule has 0 bridgehead atoms. The van der Waals surface area contributed by atoms with Crippen molar-refractivity contribution in [2.75, 3.05) is 26.2 Å². The number of amides is 2. The Bertz CT molecular complexity index is 253. The summed E-state index contributed by atoms with van der Waals surface area (Å²) in [6.45, 7) is 7.96. The smallest absolute Gasteiger partial charge is 0.317 e. The average molecular weight is 239 g/mol. The second kappa shape index (κ2) is 5.71. The molecule has 4 heteroatoms. The lowest BCUT2D eigenvalue weighted by molar-refractivity contribution is 0.171. The molecule has 0 unspecified atom stereocenters. The van der Waals surface area contributed by atoms with Gasteiger partial charge in [0.1, 0.15) is 0 Å². The third kappa shape index (κ3) is 3.35. The van der Waals surface area contributed by atoms with Crippen LogP contribution in [0, 0.1) is 0 Å². The standard InChI is InChI=1S/C13H25N3O/c1-3-15(4-2)13(17)14-11-7-9-16(10-8-11)12-5-6-12/h11-12H,3-10H2,1-2H3,(H,14,17). The molecule has 1 N–H and O–H groups in total. The van der Waals surface area contributed by atoms with E-state index in [9.17, 15) is 4.79 Å². The highest BCUT2D eigenvalue weighted by atomic mass is 16.2. The van der Waals surface area contributed by atoms with Crippen LogP contribution < -0.4 is 5.32 Å². The van der Waals surface area contributed by atoms with Crippen molar-refractivity contribution in [1.29, 1.82) is 0 Å². The Morgan fingerprint density at radius 1 is 1.18 bits per heavy atom. The van der Waals surface area contributed by atoms with Crippen molar-refractivity contribution >= 4 is 6.03 Å². The fourth-order valence-corrected chi connectivity index (χ4v) is 2.63. The maximum atomic E-state index is 11.9. The van der Waals surface area contributed by atoms with Crippen molar-refractivity contribution < 1.29 is 4.79 Å². The summed E-state index contributed by atoms with van der Waals surface area (Å²) in [6.07, 6.45) is 5.00. The molecule has 17 heavy (non-hydrogen) atoms. The summed E-state index contributed by atoms with van der Waals surface area (Å²) in [6, 6.07) is 1.37. The van der Waals surface area contributed by atoms with Gasteiger partial charge < -0.3 is 15.1 Å². The summed E-state index contributed by atoms with van der Waals surface area (Å²) < 4.78 is 0. The van der Waals surface area contributed by atoms with Crippen LogP contribution in [0.5, 0.6) is 0 Å². The number of likely N-dealkylation sites (tertiary alicyclic amines) is 1. The molecule has 1 heterocycles. The highest BCUT2D eigenvalue weighted by Gasteiger charge is 2.32. The van der Waals surface area contributed by atoms with Gasteiger partial charge in [-0.25, -0.2) is 4.79 Å². The lowest BCUT2D eigenvalue weighted by Gasteiger charge is -2.33. The molecule has 0 aromatic heterocycles. The van der Waals surface area contributed by atoms with Gasteiger partial charge in [0.2, 0.25) is 0 Å². The number of piperidine rings is 1. The summed E-state index contributed by atoms with van der Waals surface area (Å²) in [5, 5.41) is 3.16. The van der Waals surface area contributed by atoms with Gasteiger partial charge in [-0.2, -0.15) is 0 Å². The van der Waals surface area contributed by atoms with Gasteiger partial charge >= 0.3 is 6.03 Å². The fraction of sp³-hybridized carbons (Fsp3) is 0.923. The molecule has 0 radical (unpaired) electrons. The third-order valence-electron chi connectivity index (χ3n) is 3.97. The second-order valence-corrected chi connectivity index (χ2v) is 5.16. The van der Waals surface area contributed by atoms with Crippen LogP contribution in [-0.4, -0.2) is 54.1 Å². The van der Waals surface area contributed by atoms with Gasteiger partial charge in [0.25, 0.3) is 0 Å². The summed E-state index contributed by atoms with van der Waals surface area (Å²) in [5.74, 6) is 0. The zero-order chi connectivity index (χ0) is 12.3. The number of carbonyl (C=O) groups excluding carboxylic acids is 1. The average Bonchev–Trinajstić information content (AvgIpc) is 3.15. The summed E-state index contributed by atoms with van der Waals surface area (Å²) >= 11 is 0. The summed E-state index contributed by atoms with van der Waals surface area (Å²) in [7, 11) is 0. The molecule has 0 aromatic rings. The van der Waals surface area contributed by atoms with Gasteiger partial charge in [-0.15, -0.1) is 0 Å². The Balaban J connectivity index is 1.71. The number of urea groups is 1. The van der Waals surface area contributed by atoms with Crippen LogP contribution in [0.1, 0.15) is 39.5 Å². The molecular formula is C13H25N3O. The van der Waals surface area contributed by atoms with Crippen LogP contribution >= 0.6 is 0 Å². The number of nitrogens with zero attached hydrogens (tertiary/aromatic N) is 2. The van der Waals surface area contributed by atoms with Gasteiger partial charge in [0.15, 0.2) is 0 Å². The minimum absolute atomic E-state index is 0.111. The normalized spacial score (nSPS) is 22.5. The van der Waals surface area contributed by atoms with Crippen molar-refractivity contribution in [2.24, 2.45) is 0 Å². The molecule has 2 fully saturated rings. The molecule has 1 aliphatic carbocycles. The molecule has 4 nitrogen and oxygen atoms in total. The maximum absolute atomic E-state index is 11.9. The van der Waals surface area contributed by atoms with Crippen LogP contribution in [0.15, 0.2) is 0 Å². The van der Waals surface area contributed by atoms with E-state index in [1.165, 1.54) is 12.8 Å². The van der Waals surface area contributed by atoms with Gasteiger partial charge in [-0.05, 0) is 39.5 Å². The SMILES string of the molecule is CCN(CC)C(=O)NC1CCN(C2CC2)CC1. The fourth-order valence-electron chi connectivity index (χ4n) is 2.63. The Kier molecular flexibility index (Phi) is 4.26. The lowest BCUT2D eigenvalue weighted by atomic mass is 10.1. The predicted octanol–water partition coefficient (Wildman–Crippen LogP) is 1.66. The molecule has 0 aromatic carbocycles. The zero-order valence-electron chi connectivity index (χ0n) is 11.1. The topological polar surface area (TPSA) is 35.6 Å². The van der Waals surface area contributed by atoms with Crippen molar-refractivity contribution in [1.82, 2.24) is 15.1 Å². The Labute approximate surface area is 104 Å². The first-order valence-corrected chi connectivity index (χ1v) is 7.04. The van der Waals surface area contributed by atoms with Crippen LogP contribution in [0.4, 0.5) is 4.79 Å². The van der Waals surface area contributed by atoms with Crippen molar-refractivity contribution in [2.45, 2.75) is 51.6 Å². The van der Waals surface area contributed by atoms with Gasteiger partial charge in [-0.1, -0.05) is 0 Å². The van der Waals surface area contributed by atoms with E-state index in [0.717, 1.165) is 45.1 Å². The first-order chi connectivity index (χ1) is 8.24. The molecular weight excluding hydrogens is 214 g/mol. The predicted molar refractivity (Wildman–Crippen MR) is 69.1 cm³/mol. The van der Waals surface area contributed by atoms with E-state index in [1.807, 2.05) is 18.7 Å². The van der Waals surface area contributed by atoms with Crippen molar-refractivity contribution in [3.8, 4) is 0 Å². The Hall–Kier alpha value is -0.770. The number of hydrogen-bond donors (Lipinski definition) is 1. The molecule has 1 saturated carbocycles. The lowest BCUT2D eigenvalue weighted by Crippen LogP contribution is -2.49. The first kappa shape index (κ1) is 12.7. The third-order valence-corrected chi connectivity index (χ3v) is 3.97. The highest BCUT2D eigenvalue weighted by molar-refractivity contribution is 5.74. The molecule has 2 rings (SSSR count). The number of carbonyl (C=O) groups is 1. The maximum Gasteiger partial charge on any atom is 0.317 e. The largest absolute Gasteiger partial charge is 0.335 e. The molecule has 0 atom stereocenters. The minimum Gasteiger partial charge on any atom is -0.335 e. The van der Waals surface area contributed by atoms with E-state index in [1.54, 1.807) is 0 Å². The van der Waals surface area contributed by atoms with E-state index in [4.69, 9.17) is 0 Å². The van der Waals surface area contributed by atoms with Crippen molar-refractivity contribution in [3.63, 3.8) is 0 Å². The summed E-state index contributed by atoms with van der Waals surface area (Å²) in [5.41, 5.74) is 0. The van der Waals surface area contributed by atoms with E-state index >= 15 is 0 Å².